The molecule has 26 heavy (non-hydrogen) atoms. The number of benzene rings is 1. The average molecular weight is 357 g/mol. The summed E-state index contributed by atoms with van der Waals surface area (Å²) in [4.78, 5) is 30.3. The van der Waals surface area contributed by atoms with Gasteiger partial charge >= 0.3 is 0 Å². The molecule has 0 saturated carbocycles. The summed E-state index contributed by atoms with van der Waals surface area (Å²) in [5.41, 5.74) is 5.88. The van der Waals surface area contributed by atoms with E-state index in [0.29, 0.717) is 18.7 Å². The number of ether oxygens (including phenoxy) is 1. The molecule has 0 spiro atoms. The highest BCUT2D eigenvalue weighted by Gasteiger charge is 2.39. The number of carbonyl (C=O) groups excluding carboxylic acids is 2. The molecule has 1 aromatic carbocycles. The first-order chi connectivity index (χ1) is 12.4. The number of carbonyl (C=O) groups is 2. The maximum Gasteiger partial charge on any atom is 0.272 e. The number of hydrogen-bond donors (Lipinski definition) is 1. The van der Waals surface area contributed by atoms with Crippen LogP contribution in [0.15, 0.2) is 42.5 Å². The summed E-state index contributed by atoms with van der Waals surface area (Å²) in [5, 5.41) is 0. The number of halogens is 1. The zero-order chi connectivity index (χ0) is 18.7. The van der Waals surface area contributed by atoms with Crippen molar-refractivity contribution in [3.8, 4) is 0 Å². The fourth-order valence-corrected chi connectivity index (χ4v) is 2.91. The lowest BCUT2D eigenvalue weighted by atomic mass is 10.0. The molecule has 136 valence electrons. The zero-order valence-corrected chi connectivity index (χ0v) is 14.4. The molecule has 0 aliphatic carbocycles. The monoisotopic (exact) mass is 357 g/mol. The highest BCUT2D eigenvalue weighted by atomic mass is 19.1. The second kappa shape index (κ2) is 7.21. The van der Waals surface area contributed by atoms with Crippen molar-refractivity contribution in [3.63, 3.8) is 0 Å². The van der Waals surface area contributed by atoms with E-state index in [-0.39, 0.29) is 30.6 Å². The molecule has 2 N–H and O–H groups in total. The quantitative estimate of drug-likeness (QED) is 0.899. The van der Waals surface area contributed by atoms with E-state index >= 15 is 0 Å². The van der Waals surface area contributed by atoms with E-state index in [1.807, 2.05) is 0 Å². The fraction of sp³-hybridized carbons (Fsp3) is 0.316. The first kappa shape index (κ1) is 18.0. The molecule has 1 saturated heterocycles. The second-order valence-electron chi connectivity index (χ2n) is 6.49. The molecule has 3 rings (SSSR count). The topological polar surface area (TPSA) is 85.5 Å². The van der Waals surface area contributed by atoms with Crippen LogP contribution < -0.4 is 5.73 Å². The summed E-state index contributed by atoms with van der Waals surface area (Å²) in [5.74, 6) is -1.21. The lowest BCUT2D eigenvalue weighted by Gasteiger charge is -2.38. The van der Waals surface area contributed by atoms with Crippen LogP contribution in [0, 0.1) is 5.82 Å². The van der Waals surface area contributed by atoms with Crippen LogP contribution >= 0.6 is 0 Å². The lowest BCUT2D eigenvalue weighted by Crippen LogP contribution is -2.58. The second-order valence-corrected chi connectivity index (χ2v) is 6.49. The Morgan fingerprint density at radius 1 is 1.31 bits per heavy atom. The van der Waals surface area contributed by atoms with Crippen molar-refractivity contribution >= 4 is 11.8 Å². The number of nitrogens with two attached hydrogens (primary N) is 1. The first-order valence-electron chi connectivity index (χ1n) is 8.31. The Balaban J connectivity index is 1.77. The number of nitrogens with zero attached hydrogens (tertiary/aromatic N) is 2. The maximum absolute atomic E-state index is 13.3. The molecule has 0 unspecified atom stereocenters. The Labute approximate surface area is 150 Å². The molecular weight excluding hydrogens is 337 g/mol. The van der Waals surface area contributed by atoms with Crippen LogP contribution in [0.1, 0.15) is 28.7 Å². The Hall–Kier alpha value is -2.80. The number of rotatable bonds is 4. The van der Waals surface area contributed by atoms with Crippen LogP contribution in [0.4, 0.5) is 4.39 Å². The van der Waals surface area contributed by atoms with Gasteiger partial charge in [-0.1, -0.05) is 18.2 Å². The van der Waals surface area contributed by atoms with Gasteiger partial charge in [-0.25, -0.2) is 9.37 Å². The summed E-state index contributed by atoms with van der Waals surface area (Å²) in [6.07, 6.45) is 0.418. The Morgan fingerprint density at radius 3 is 2.81 bits per heavy atom. The molecule has 1 fully saturated rings. The van der Waals surface area contributed by atoms with Gasteiger partial charge in [0.25, 0.3) is 11.8 Å². The van der Waals surface area contributed by atoms with Crippen molar-refractivity contribution in [3.05, 3.63) is 65.2 Å². The highest BCUT2D eigenvalue weighted by Crippen LogP contribution is 2.19. The number of primary amides is 1. The standard InChI is InChI=1S/C19H20FN3O3/c1-19(18(21)25)12-23(8-9-26-19)17(24)16-7-3-6-15(22-16)11-13-4-2-5-14(20)10-13/h2-7,10H,8-9,11-12H2,1H3,(H2,21,25)/t19-/m1/s1. The SMILES string of the molecule is C[C@]1(C(N)=O)CN(C(=O)c2cccc(Cc3cccc(F)c3)n2)CCO1. The van der Waals surface area contributed by atoms with Gasteiger partial charge in [0.1, 0.15) is 11.5 Å². The first-order valence-corrected chi connectivity index (χ1v) is 8.31. The number of aromatic nitrogens is 1. The van der Waals surface area contributed by atoms with Crippen LogP contribution in [0.25, 0.3) is 0 Å². The number of morpholine rings is 1. The molecular formula is C19H20FN3O3. The number of pyridine rings is 1. The van der Waals surface area contributed by atoms with Crippen molar-refractivity contribution in [1.82, 2.24) is 9.88 Å². The predicted octanol–water partition coefficient (Wildman–Crippen LogP) is 1.53. The van der Waals surface area contributed by atoms with Crippen LogP contribution in [-0.2, 0) is 16.0 Å². The Kier molecular flexibility index (Phi) is 4.99. The number of hydrogen-bond acceptors (Lipinski definition) is 4. The van der Waals surface area contributed by atoms with E-state index in [0.717, 1.165) is 5.56 Å². The normalized spacial score (nSPS) is 20.0. The van der Waals surface area contributed by atoms with Gasteiger partial charge in [0.2, 0.25) is 0 Å². The van der Waals surface area contributed by atoms with Gasteiger partial charge in [0.05, 0.1) is 13.2 Å². The third kappa shape index (κ3) is 3.88. The molecule has 1 aromatic heterocycles. The van der Waals surface area contributed by atoms with Gasteiger partial charge in [0, 0.05) is 18.7 Å². The van der Waals surface area contributed by atoms with E-state index in [2.05, 4.69) is 4.98 Å². The minimum Gasteiger partial charge on any atom is -0.367 e. The van der Waals surface area contributed by atoms with E-state index in [9.17, 15) is 14.0 Å². The van der Waals surface area contributed by atoms with Gasteiger partial charge in [-0.05, 0) is 36.8 Å². The molecule has 1 aliphatic rings. The summed E-state index contributed by atoms with van der Waals surface area (Å²) < 4.78 is 18.8. The van der Waals surface area contributed by atoms with Crippen molar-refractivity contribution in [2.75, 3.05) is 19.7 Å². The molecule has 2 heterocycles. The van der Waals surface area contributed by atoms with Gasteiger partial charge in [-0.3, -0.25) is 9.59 Å². The predicted molar refractivity (Wildman–Crippen MR) is 92.9 cm³/mol. The summed E-state index contributed by atoms with van der Waals surface area (Å²) in [6, 6.07) is 11.4. The summed E-state index contributed by atoms with van der Waals surface area (Å²) in [6.45, 7) is 2.24. The van der Waals surface area contributed by atoms with Gasteiger partial charge < -0.3 is 15.4 Å². The lowest BCUT2D eigenvalue weighted by molar-refractivity contribution is -0.150. The smallest absolute Gasteiger partial charge is 0.272 e. The van der Waals surface area contributed by atoms with Crippen LogP contribution in [0.3, 0.4) is 0 Å². The molecule has 0 radical (unpaired) electrons. The third-order valence-corrected chi connectivity index (χ3v) is 4.38. The maximum atomic E-state index is 13.3. The highest BCUT2D eigenvalue weighted by molar-refractivity contribution is 5.93. The Bertz CT molecular complexity index is 842. The average Bonchev–Trinajstić information content (AvgIpc) is 2.61. The van der Waals surface area contributed by atoms with Gasteiger partial charge in [-0.2, -0.15) is 0 Å². The minimum atomic E-state index is -1.20. The molecule has 6 nitrogen and oxygen atoms in total. The van der Waals surface area contributed by atoms with E-state index < -0.39 is 11.5 Å². The third-order valence-electron chi connectivity index (χ3n) is 4.38. The van der Waals surface area contributed by atoms with Crippen LogP contribution in [-0.4, -0.2) is 47.0 Å². The van der Waals surface area contributed by atoms with Crippen molar-refractivity contribution in [2.45, 2.75) is 18.9 Å². The van der Waals surface area contributed by atoms with E-state index in [4.69, 9.17) is 10.5 Å². The molecule has 0 bridgehead atoms. The molecule has 2 amide bonds. The van der Waals surface area contributed by atoms with Crippen LogP contribution in [0.5, 0.6) is 0 Å². The fourth-order valence-electron chi connectivity index (χ4n) is 2.91. The van der Waals surface area contributed by atoms with Gasteiger partial charge in [0.15, 0.2) is 5.60 Å². The van der Waals surface area contributed by atoms with Crippen molar-refractivity contribution in [2.24, 2.45) is 5.73 Å². The minimum absolute atomic E-state index is 0.0803. The number of amides is 2. The molecule has 7 heteroatoms. The van der Waals surface area contributed by atoms with Crippen molar-refractivity contribution < 1.29 is 18.7 Å². The Morgan fingerprint density at radius 2 is 2.08 bits per heavy atom. The van der Waals surface area contributed by atoms with Crippen molar-refractivity contribution in [1.29, 1.82) is 0 Å². The molecule has 1 aliphatic heterocycles. The largest absolute Gasteiger partial charge is 0.367 e. The molecule has 2 aromatic rings. The summed E-state index contributed by atoms with van der Waals surface area (Å²) in [7, 11) is 0. The van der Waals surface area contributed by atoms with E-state index in [1.165, 1.54) is 17.0 Å². The molecule has 1 atom stereocenters. The van der Waals surface area contributed by atoms with E-state index in [1.54, 1.807) is 37.3 Å². The van der Waals surface area contributed by atoms with Gasteiger partial charge in [-0.15, -0.1) is 0 Å². The zero-order valence-electron chi connectivity index (χ0n) is 14.4. The van der Waals surface area contributed by atoms with Crippen LogP contribution in [0.2, 0.25) is 0 Å². The summed E-state index contributed by atoms with van der Waals surface area (Å²) >= 11 is 0.